The molecule has 0 saturated carbocycles. The van der Waals surface area contributed by atoms with Crippen LogP contribution in [-0.2, 0) is 0 Å². The summed E-state index contributed by atoms with van der Waals surface area (Å²) in [6.07, 6.45) is 1.62. The number of ether oxygens (including phenoxy) is 2. The summed E-state index contributed by atoms with van der Waals surface area (Å²) >= 11 is 4.75. The molecule has 9 heteroatoms. The number of amides is 2. The van der Waals surface area contributed by atoms with Crippen molar-refractivity contribution in [2.45, 2.75) is 6.92 Å². The van der Waals surface area contributed by atoms with Gasteiger partial charge in [0.1, 0.15) is 0 Å². The average molecular weight is 476 g/mol. The van der Waals surface area contributed by atoms with Gasteiger partial charge in [0, 0.05) is 28.4 Å². The Hall–Kier alpha value is -2.91. The van der Waals surface area contributed by atoms with E-state index in [1.165, 1.54) is 18.4 Å². The first kappa shape index (κ1) is 20.8. The summed E-state index contributed by atoms with van der Waals surface area (Å²) in [6, 6.07) is 9.87. The van der Waals surface area contributed by atoms with Gasteiger partial charge in [0.15, 0.2) is 16.6 Å². The number of hydrogen-bond donors (Lipinski definition) is 2. The Balaban J connectivity index is 1.70. The summed E-state index contributed by atoms with van der Waals surface area (Å²) in [5.74, 6) is 0.424. The lowest BCUT2D eigenvalue weighted by molar-refractivity contribution is 0.101. The number of thiazole rings is 1. The van der Waals surface area contributed by atoms with Crippen LogP contribution in [0.15, 0.2) is 52.4 Å². The molecule has 2 N–H and O–H groups in total. The Kier molecular flexibility index (Phi) is 6.84. The van der Waals surface area contributed by atoms with Crippen LogP contribution < -0.4 is 20.1 Å². The minimum absolute atomic E-state index is 0.266. The molecular weight excluding hydrogens is 458 g/mol. The van der Waals surface area contributed by atoms with E-state index in [2.05, 4.69) is 31.5 Å². The Bertz CT molecular complexity index is 1010. The van der Waals surface area contributed by atoms with Crippen LogP contribution in [0.3, 0.4) is 0 Å². The van der Waals surface area contributed by atoms with Gasteiger partial charge >= 0.3 is 0 Å². The zero-order valence-corrected chi connectivity index (χ0v) is 18.1. The number of aromatic nitrogens is 1. The fraction of sp³-hybridized carbons (Fsp3) is 0.150. The zero-order chi connectivity index (χ0) is 20.8. The second-order valence-corrected chi connectivity index (χ2v) is 7.49. The Morgan fingerprint density at radius 3 is 2.45 bits per heavy atom. The predicted molar refractivity (Wildman–Crippen MR) is 116 cm³/mol. The highest BCUT2D eigenvalue weighted by Crippen LogP contribution is 2.36. The fourth-order valence-electron chi connectivity index (χ4n) is 2.50. The fourth-order valence-corrected chi connectivity index (χ4v) is 3.58. The molecule has 3 rings (SSSR count). The summed E-state index contributed by atoms with van der Waals surface area (Å²) in [5.41, 5.74) is 1.43. The van der Waals surface area contributed by atoms with Crippen molar-refractivity contribution >= 4 is 49.9 Å². The topological polar surface area (TPSA) is 89.5 Å². The van der Waals surface area contributed by atoms with Gasteiger partial charge < -0.3 is 14.8 Å². The Morgan fingerprint density at radius 2 is 1.83 bits per heavy atom. The molecule has 0 radical (unpaired) electrons. The van der Waals surface area contributed by atoms with Crippen LogP contribution >= 0.6 is 27.3 Å². The van der Waals surface area contributed by atoms with Gasteiger partial charge in [-0.3, -0.25) is 14.9 Å². The van der Waals surface area contributed by atoms with E-state index in [9.17, 15) is 9.59 Å². The maximum absolute atomic E-state index is 12.6. The van der Waals surface area contributed by atoms with E-state index in [4.69, 9.17) is 9.47 Å². The number of hydrogen-bond acceptors (Lipinski definition) is 6. The molecule has 0 aliphatic rings. The second kappa shape index (κ2) is 9.53. The molecule has 2 aromatic carbocycles. The summed E-state index contributed by atoms with van der Waals surface area (Å²) in [4.78, 5) is 28.8. The molecule has 0 aliphatic heterocycles. The van der Waals surface area contributed by atoms with Crippen molar-refractivity contribution in [2.75, 3.05) is 24.4 Å². The molecule has 0 saturated heterocycles. The Morgan fingerprint density at radius 1 is 1.10 bits per heavy atom. The van der Waals surface area contributed by atoms with Crippen molar-refractivity contribution in [1.82, 2.24) is 4.98 Å². The molecule has 7 nitrogen and oxygen atoms in total. The van der Waals surface area contributed by atoms with Crippen molar-refractivity contribution in [2.24, 2.45) is 0 Å². The van der Waals surface area contributed by atoms with Gasteiger partial charge in [-0.25, -0.2) is 4.98 Å². The van der Waals surface area contributed by atoms with Gasteiger partial charge in [0.25, 0.3) is 11.8 Å². The molecule has 0 atom stereocenters. The van der Waals surface area contributed by atoms with Gasteiger partial charge in [0.2, 0.25) is 0 Å². The molecule has 2 amide bonds. The molecule has 150 valence electrons. The molecule has 0 aliphatic carbocycles. The van der Waals surface area contributed by atoms with Gasteiger partial charge in [-0.2, -0.15) is 0 Å². The van der Waals surface area contributed by atoms with Gasteiger partial charge in [0.05, 0.1) is 18.2 Å². The molecule has 0 spiro atoms. The number of nitrogens with one attached hydrogen (secondary N) is 2. The van der Waals surface area contributed by atoms with E-state index in [0.717, 1.165) is 0 Å². The number of carbonyl (C=O) groups is 2. The number of carbonyl (C=O) groups excluding carboxylic acids is 2. The van der Waals surface area contributed by atoms with E-state index in [1.807, 2.05) is 6.92 Å². The highest BCUT2D eigenvalue weighted by atomic mass is 79.9. The van der Waals surface area contributed by atoms with E-state index < -0.39 is 0 Å². The van der Waals surface area contributed by atoms with Crippen LogP contribution in [0.1, 0.15) is 27.6 Å². The molecule has 0 fully saturated rings. The normalized spacial score (nSPS) is 10.3. The highest BCUT2D eigenvalue weighted by Gasteiger charge is 2.16. The van der Waals surface area contributed by atoms with E-state index in [-0.39, 0.29) is 11.8 Å². The smallest absolute Gasteiger partial charge is 0.257 e. The van der Waals surface area contributed by atoms with E-state index in [0.29, 0.717) is 44.5 Å². The maximum atomic E-state index is 12.6. The second-order valence-electron chi connectivity index (χ2n) is 5.75. The van der Waals surface area contributed by atoms with Gasteiger partial charge in [-0.1, -0.05) is 0 Å². The SMILES string of the molecule is CCOc1c(Br)cc(C(=O)Nc2ccc(C(=O)Nc3nccs3)cc2)cc1OC. The lowest BCUT2D eigenvalue weighted by atomic mass is 10.1. The first-order valence-corrected chi connectivity index (χ1v) is 10.3. The van der Waals surface area contributed by atoms with E-state index in [1.54, 1.807) is 48.0 Å². The standard InChI is InChI=1S/C20H18BrN3O4S/c1-3-28-17-15(21)10-13(11-16(17)27-2)19(26)23-14-6-4-12(5-7-14)18(25)24-20-22-8-9-29-20/h4-11H,3H2,1-2H3,(H,23,26)(H,22,24,25). The van der Waals surface area contributed by atoms with Crippen LogP contribution in [0.4, 0.5) is 10.8 Å². The van der Waals surface area contributed by atoms with E-state index >= 15 is 0 Å². The van der Waals surface area contributed by atoms with Gasteiger partial charge in [-0.05, 0) is 59.3 Å². The van der Waals surface area contributed by atoms with Crippen LogP contribution in [-0.4, -0.2) is 30.5 Å². The number of halogens is 1. The zero-order valence-electron chi connectivity index (χ0n) is 15.7. The predicted octanol–water partition coefficient (Wildman–Crippen LogP) is 4.82. The first-order valence-electron chi connectivity index (χ1n) is 8.64. The third-order valence-corrected chi connectivity index (χ3v) is 5.12. The molecule has 29 heavy (non-hydrogen) atoms. The monoisotopic (exact) mass is 475 g/mol. The number of methoxy groups -OCH3 is 1. The van der Waals surface area contributed by atoms with Gasteiger partial charge in [-0.15, -0.1) is 11.3 Å². The first-order chi connectivity index (χ1) is 14.0. The quantitative estimate of drug-likeness (QED) is 0.511. The number of anilines is 2. The Labute approximate surface area is 180 Å². The molecule has 3 aromatic rings. The minimum Gasteiger partial charge on any atom is -0.493 e. The average Bonchev–Trinajstić information content (AvgIpc) is 3.22. The highest BCUT2D eigenvalue weighted by molar-refractivity contribution is 9.10. The molecular formula is C20H18BrN3O4S. The summed E-state index contributed by atoms with van der Waals surface area (Å²) in [5, 5.41) is 7.82. The third-order valence-electron chi connectivity index (χ3n) is 3.84. The minimum atomic E-state index is -0.313. The summed E-state index contributed by atoms with van der Waals surface area (Å²) in [6.45, 7) is 2.34. The van der Waals surface area contributed by atoms with Crippen molar-refractivity contribution in [3.8, 4) is 11.5 Å². The molecule has 0 bridgehead atoms. The maximum Gasteiger partial charge on any atom is 0.257 e. The largest absolute Gasteiger partial charge is 0.493 e. The van der Waals surface area contributed by atoms with Crippen LogP contribution in [0.2, 0.25) is 0 Å². The van der Waals surface area contributed by atoms with Crippen molar-refractivity contribution in [1.29, 1.82) is 0 Å². The lowest BCUT2D eigenvalue weighted by Gasteiger charge is -2.13. The summed E-state index contributed by atoms with van der Waals surface area (Å²) < 4.78 is 11.5. The number of rotatable bonds is 7. The van der Waals surface area contributed by atoms with Crippen molar-refractivity contribution in [3.63, 3.8) is 0 Å². The number of nitrogens with zero attached hydrogens (tertiary/aromatic N) is 1. The molecule has 0 unspecified atom stereocenters. The lowest BCUT2D eigenvalue weighted by Crippen LogP contribution is -2.14. The van der Waals surface area contributed by atoms with Crippen LogP contribution in [0.5, 0.6) is 11.5 Å². The molecule has 1 heterocycles. The number of benzene rings is 2. The van der Waals surface area contributed by atoms with Crippen molar-refractivity contribution < 1.29 is 19.1 Å². The molecule has 1 aromatic heterocycles. The third kappa shape index (κ3) is 5.12. The summed E-state index contributed by atoms with van der Waals surface area (Å²) in [7, 11) is 1.52. The van der Waals surface area contributed by atoms with Crippen LogP contribution in [0, 0.1) is 0 Å². The van der Waals surface area contributed by atoms with Crippen LogP contribution in [0.25, 0.3) is 0 Å². The van der Waals surface area contributed by atoms with Crippen molar-refractivity contribution in [3.05, 3.63) is 63.6 Å².